The second-order valence-electron chi connectivity index (χ2n) is 16.9. The summed E-state index contributed by atoms with van der Waals surface area (Å²) in [5.74, 6) is 0.832. The Labute approximate surface area is 353 Å². The second kappa shape index (κ2) is 14.6. The van der Waals surface area contributed by atoms with Crippen molar-refractivity contribution in [3.8, 4) is 44.5 Å². The predicted octanol–water partition coefficient (Wildman–Crippen LogP) is 16.2. The highest BCUT2D eigenvalue weighted by atomic mass is 15.1. The van der Waals surface area contributed by atoms with Crippen molar-refractivity contribution >= 4 is 38.6 Å². The normalized spacial score (nSPS) is 16.2. The van der Waals surface area contributed by atoms with E-state index >= 15 is 0 Å². The highest BCUT2D eigenvalue weighted by molar-refractivity contribution is 6.09. The third-order valence-corrected chi connectivity index (χ3v) is 13.2. The van der Waals surface area contributed by atoms with Crippen molar-refractivity contribution in [3.63, 3.8) is 0 Å². The molecule has 0 spiro atoms. The van der Waals surface area contributed by atoms with Crippen LogP contribution >= 0.6 is 0 Å². The Morgan fingerprint density at radius 3 is 1.78 bits per heavy atom. The van der Waals surface area contributed by atoms with Gasteiger partial charge in [0.05, 0.1) is 11.4 Å². The summed E-state index contributed by atoms with van der Waals surface area (Å²) in [5, 5.41) is 4.87. The van der Waals surface area contributed by atoms with Crippen LogP contribution in [0.3, 0.4) is 0 Å². The minimum atomic E-state index is -0.0159. The summed E-state index contributed by atoms with van der Waals surface area (Å²) in [6.07, 6.45) is 9.28. The van der Waals surface area contributed by atoms with E-state index in [2.05, 4.69) is 243 Å². The van der Waals surface area contributed by atoms with Crippen LogP contribution in [0.5, 0.6) is 0 Å². The molecule has 2 atom stereocenters. The van der Waals surface area contributed by atoms with E-state index in [-0.39, 0.29) is 5.41 Å². The van der Waals surface area contributed by atoms with Crippen LogP contribution in [0, 0.1) is 5.92 Å². The number of benzene rings is 9. The molecule has 0 amide bonds. The molecule has 0 aliphatic heterocycles. The third-order valence-electron chi connectivity index (χ3n) is 13.2. The predicted molar refractivity (Wildman–Crippen MR) is 255 cm³/mol. The van der Waals surface area contributed by atoms with Gasteiger partial charge in [0.25, 0.3) is 0 Å². The van der Waals surface area contributed by atoms with E-state index in [0.29, 0.717) is 11.8 Å². The topological polar surface area (TPSA) is 3.24 Å². The van der Waals surface area contributed by atoms with Crippen molar-refractivity contribution in [1.29, 1.82) is 0 Å². The van der Waals surface area contributed by atoms with E-state index in [0.717, 1.165) is 17.1 Å². The van der Waals surface area contributed by atoms with Crippen LogP contribution in [0.15, 0.2) is 224 Å². The quantitative estimate of drug-likeness (QED) is 0.156. The van der Waals surface area contributed by atoms with Crippen LogP contribution in [0.4, 0.5) is 17.1 Å². The highest BCUT2D eigenvalue weighted by Gasteiger charge is 2.46. The first-order chi connectivity index (χ1) is 29.5. The Bertz CT molecular complexity index is 3110. The minimum Gasteiger partial charge on any atom is -0.309 e. The van der Waals surface area contributed by atoms with E-state index in [4.69, 9.17) is 0 Å². The lowest BCUT2D eigenvalue weighted by Crippen LogP contribution is -2.25. The molecule has 0 heterocycles. The van der Waals surface area contributed by atoms with Crippen LogP contribution in [0.2, 0.25) is 0 Å². The summed E-state index contributed by atoms with van der Waals surface area (Å²) in [7, 11) is 0. The first kappa shape index (κ1) is 35.9. The monoisotopic (exact) mass is 767 g/mol. The molecule has 0 bridgehead atoms. The van der Waals surface area contributed by atoms with Gasteiger partial charge < -0.3 is 4.90 Å². The molecule has 9 aromatic rings. The van der Waals surface area contributed by atoms with Gasteiger partial charge in [-0.1, -0.05) is 208 Å². The minimum absolute atomic E-state index is 0.0159. The molecule has 0 saturated heterocycles. The van der Waals surface area contributed by atoms with Crippen LogP contribution in [0.1, 0.15) is 30.9 Å². The Morgan fingerprint density at radius 2 is 1.00 bits per heavy atom. The molecule has 60 heavy (non-hydrogen) atoms. The largest absolute Gasteiger partial charge is 0.309 e. The first-order valence-electron chi connectivity index (χ1n) is 21.2. The van der Waals surface area contributed by atoms with Gasteiger partial charge in [0.15, 0.2) is 0 Å². The molecular formula is C59H45N. The summed E-state index contributed by atoms with van der Waals surface area (Å²) in [6.45, 7) is 4.88. The first-order valence-corrected chi connectivity index (χ1v) is 21.2. The molecule has 0 radical (unpaired) electrons. The number of nitrogens with zero attached hydrogens (tertiary/aromatic N) is 1. The lowest BCUT2D eigenvalue weighted by Gasteiger charge is -2.31. The number of allylic oxidation sites excluding steroid dienone is 4. The summed E-state index contributed by atoms with van der Waals surface area (Å²) in [6, 6.07) is 73.7. The van der Waals surface area contributed by atoms with Crippen LogP contribution in [-0.4, -0.2) is 0 Å². The number of hydrogen-bond donors (Lipinski definition) is 0. The van der Waals surface area contributed by atoms with Gasteiger partial charge in [-0.3, -0.25) is 0 Å². The number of fused-ring (bicyclic) bond motifs is 5. The van der Waals surface area contributed by atoms with Gasteiger partial charge in [-0.15, -0.1) is 0 Å². The standard InChI is InChI=1S/C59H45N/c1-59(2)55-29-14-13-25-50(55)52-27-16-28-53(58(52)59)54-39-44(33-36-47(54)42-19-7-4-8-20-42)40-31-34-45(35-32-40)60(56-30-15-22-43-21-9-10-23-48(43)56)57-38-37-46(41-17-5-3-6-18-41)49-24-11-12-26-51(49)57/h3-39,50,55H,1-2H3. The van der Waals surface area contributed by atoms with Gasteiger partial charge in [0.1, 0.15) is 0 Å². The Hall–Kier alpha value is -7.22. The SMILES string of the molecule is CC1(C)c2c(-c3cc(-c4ccc(N(c5cccc6ccccc56)c5ccc(-c6ccccc6)c6ccccc56)cc4)ccc3-c3ccccc3)cccc2C2C=CC=CC21. The lowest BCUT2D eigenvalue weighted by molar-refractivity contribution is 0.395. The highest BCUT2D eigenvalue weighted by Crippen LogP contribution is 2.56. The number of anilines is 3. The summed E-state index contributed by atoms with van der Waals surface area (Å²) in [4.78, 5) is 2.45. The van der Waals surface area contributed by atoms with Crippen LogP contribution < -0.4 is 4.90 Å². The Balaban J connectivity index is 1.07. The second-order valence-corrected chi connectivity index (χ2v) is 16.9. The summed E-state index contributed by atoms with van der Waals surface area (Å²) < 4.78 is 0. The molecule has 2 unspecified atom stereocenters. The van der Waals surface area contributed by atoms with Gasteiger partial charge in [-0.05, 0) is 108 Å². The fourth-order valence-electron chi connectivity index (χ4n) is 10.3. The van der Waals surface area contributed by atoms with Gasteiger partial charge in [-0.2, -0.15) is 0 Å². The van der Waals surface area contributed by atoms with E-state index < -0.39 is 0 Å². The molecule has 0 fully saturated rings. The zero-order valence-corrected chi connectivity index (χ0v) is 34.0. The van der Waals surface area contributed by atoms with E-state index in [1.165, 1.54) is 77.2 Å². The zero-order chi connectivity index (χ0) is 40.2. The summed E-state index contributed by atoms with van der Waals surface area (Å²) >= 11 is 0. The molecule has 286 valence electrons. The fourth-order valence-corrected chi connectivity index (χ4v) is 10.3. The van der Waals surface area contributed by atoms with Crippen molar-refractivity contribution in [3.05, 3.63) is 236 Å². The van der Waals surface area contributed by atoms with Gasteiger partial charge in [-0.25, -0.2) is 0 Å². The lowest BCUT2D eigenvalue weighted by atomic mass is 9.73. The molecule has 2 aliphatic carbocycles. The van der Waals surface area contributed by atoms with E-state index in [1.54, 1.807) is 0 Å². The maximum atomic E-state index is 2.45. The molecule has 0 N–H and O–H groups in total. The Morgan fingerprint density at radius 1 is 0.400 bits per heavy atom. The van der Waals surface area contributed by atoms with E-state index in [1.807, 2.05) is 0 Å². The van der Waals surface area contributed by atoms with E-state index in [9.17, 15) is 0 Å². The smallest absolute Gasteiger partial charge is 0.0540 e. The Kier molecular flexibility index (Phi) is 8.71. The van der Waals surface area contributed by atoms with Crippen LogP contribution in [-0.2, 0) is 5.41 Å². The molecule has 1 nitrogen and oxygen atoms in total. The summed E-state index contributed by atoms with van der Waals surface area (Å²) in [5.41, 5.74) is 16.3. The van der Waals surface area contributed by atoms with Gasteiger partial charge >= 0.3 is 0 Å². The molecular weight excluding hydrogens is 723 g/mol. The maximum Gasteiger partial charge on any atom is 0.0540 e. The average molecular weight is 768 g/mol. The molecule has 11 rings (SSSR count). The molecule has 0 aromatic heterocycles. The maximum absolute atomic E-state index is 2.45. The van der Waals surface area contributed by atoms with Crippen molar-refractivity contribution < 1.29 is 0 Å². The van der Waals surface area contributed by atoms with Crippen molar-refractivity contribution in [2.45, 2.75) is 25.2 Å². The number of rotatable bonds is 7. The van der Waals surface area contributed by atoms with Crippen molar-refractivity contribution in [2.24, 2.45) is 5.92 Å². The third kappa shape index (κ3) is 5.92. The van der Waals surface area contributed by atoms with Gasteiger partial charge in [0, 0.05) is 22.4 Å². The van der Waals surface area contributed by atoms with Crippen molar-refractivity contribution in [2.75, 3.05) is 4.90 Å². The number of hydrogen-bond acceptors (Lipinski definition) is 1. The average Bonchev–Trinajstić information content (AvgIpc) is 3.55. The van der Waals surface area contributed by atoms with Crippen LogP contribution in [0.25, 0.3) is 66.1 Å². The van der Waals surface area contributed by atoms with Gasteiger partial charge in [0.2, 0.25) is 0 Å². The molecule has 9 aromatic carbocycles. The van der Waals surface area contributed by atoms with Crippen molar-refractivity contribution in [1.82, 2.24) is 0 Å². The molecule has 0 saturated carbocycles. The molecule has 2 aliphatic rings. The zero-order valence-electron chi connectivity index (χ0n) is 34.0. The molecule has 1 heteroatoms. The fraction of sp³-hybridized carbons (Fsp3) is 0.0847.